The Hall–Kier alpha value is -2.82. The Balaban J connectivity index is 2.33. The summed E-state index contributed by atoms with van der Waals surface area (Å²) in [6, 6.07) is 10.4. The van der Waals surface area contributed by atoms with E-state index >= 15 is 0 Å². The highest BCUT2D eigenvalue weighted by Gasteiger charge is 2.15. The minimum atomic E-state index is -0.292. The molecule has 2 N–H and O–H groups in total. The molecule has 0 heterocycles. The van der Waals surface area contributed by atoms with Gasteiger partial charge in [-0.3, -0.25) is 9.59 Å². The Labute approximate surface area is 135 Å². The van der Waals surface area contributed by atoms with Crippen molar-refractivity contribution >= 4 is 17.5 Å². The van der Waals surface area contributed by atoms with Crippen LogP contribution >= 0.6 is 0 Å². The molecule has 0 bridgehead atoms. The fraction of sp³-hybridized carbons (Fsp3) is 0.222. The van der Waals surface area contributed by atoms with Gasteiger partial charge in [0.25, 0.3) is 11.8 Å². The van der Waals surface area contributed by atoms with E-state index in [9.17, 15) is 9.59 Å². The first-order chi connectivity index (χ1) is 11.0. The Kier molecular flexibility index (Phi) is 5.01. The van der Waals surface area contributed by atoms with Gasteiger partial charge in [0.15, 0.2) is 0 Å². The highest BCUT2D eigenvalue weighted by atomic mass is 16.5. The molecule has 2 aromatic rings. The van der Waals surface area contributed by atoms with Gasteiger partial charge < -0.3 is 15.4 Å². The van der Waals surface area contributed by atoms with Gasteiger partial charge in [0.05, 0.1) is 18.4 Å². The van der Waals surface area contributed by atoms with Crippen LogP contribution in [0.2, 0.25) is 0 Å². The maximum atomic E-state index is 12.4. The van der Waals surface area contributed by atoms with Crippen molar-refractivity contribution in [2.24, 2.45) is 0 Å². The topological polar surface area (TPSA) is 67.4 Å². The molecule has 0 aromatic heterocycles. The summed E-state index contributed by atoms with van der Waals surface area (Å²) in [5, 5.41) is 5.34. The van der Waals surface area contributed by atoms with Gasteiger partial charge in [-0.25, -0.2) is 0 Å². The molecule has 5 heteroatoms. The number of rotatable bonds is 4. The second-order valence-electron chi connectivity index (χ2n) is 5.24. The molecule has 0 atom stereocenters. The van der Waals surface area contributed by atoms with Crippen LogP contribution in [0.15, 0.2) is 36.4 Å². The summed E-state index contributed by atoms with van der Waals surface area (Å²) in [6.07, 6.45) is 0. The van der Waals surface area contributed by atoms with Crippen molar-refractivity contribution in [1.29, 1.82) is 0 Å². The lowest BCUT2D eigenvalue weighted by Crippen LogP contribution is -2.21. The number of anilines is 1. The number of carbonyl (C=O) groups excluding carboxylic acids is 2. The van der Waals surface area contributed by atoms with E-state index in [4.69, 9.17) is 4.74 Å². The van der Waals surface area contributed by atoms with Crippen molar-refractivity contribution in [3.63, 3.8) is 0 Å². The zero-order valence-corrected chi connectivity index (χ0v) is 13.7. The van der Waals surface area contributed by atoms with E-state index in [1.165, 1.54) is 14.2 Å². The van der Waals surface area contributed by atoms with Crippen LogP contribution < -0.4 is 15.4 Å². The fourth-order valence-electron chi connectivity index (χ4n) is 2.16. The van der Waals surface area contributed by atoms with Crippen LogP contribution in [-0.4, -0.2) is 26.0 Å². The van der Waals surface area contributed by atoms with Crippen LogP contribution in [0.25, 0.3) is 0 Å². The maximum Gasteiger partial charge on any atom is 0.255 e. The molecule has 0 aliphatic heterocycles. The third kappa shape index (κ3) is 3.69. The van der Waals surface area contributed by atoms with Crippen molar-refractivity contribution < 1.29 is 14.3 Å². The standard InChI is InChI=1S/C18H20N2O3/c1-11-5-6-13(9-12(11)2)17(21)20-16-8-7-14(23-4)10-15(16)18(22)19-3/h5-10H,1-4H3,(H,19,22)(H,20,21). The minimum absolute atomic E-state index is 0.261. The Morgan fingerprint density at radius 2 is 1.70 bits per heavy atom. The Morgan fingerprint density at radius 3 is 2.30 bits per heavy atom. The molecule has 0 saturated heterocycles. The Morgan fingerprint density at radius 1 is 0.957 bits per heavy atom. The van der Waals surface area contributed by atoms with Gasteiger partial charge in [0.2, 0.25) is 0 Å². The molecule has 0 aliphatic carbocycles. The van der Waals surface area contributed by atoms with Crippen LogP contribution in [0, 0.1) is 13.8 Å². The van der Waals surface area contributed by atoms with E-state index in [1.807, 2.05) is 26.0 Å². The number of ether oxygens (including phenoxy) is 1. The average molecular weight is 312 g/mol. The van der Waals surface area contributed by atoms with Crippen LogP contribution in [0.4, 0.5) is 5.69 Å². The number of amides is 2. The molecule has 120 valence electrons. The smallest absolute Gasteiger partial charge is 0.255 e. The molecule has 0 fully saturated rings. The molecule has 23 heavy (non-hydrogen) atoms. The van der Waals surface area contributed by atoms with Crippen LogP contribution in [0.3, 0.4) is 0 Å². The van der Waals surface area contributed by atoms with Gasteiger partial charge in [-0.05, 0) is 55.3 Å². The lowest BCUT2D eigenvalue weighted by Gasteiger charge is -2.12. The summed E-state index contributed by atoms with van der Waals surface area (Å²) in [4.78, 5) is 24.4. The third-order valence-electron chi connectivity index (χ3n) is 3.72. The molecule has 0 unspecified atom stereocenters. The molecule has 0 radical (unpaired) electrons. The summed E-state index contributed by atoms with van der Waals surface area (Å²) >= 11 is 0. The number of benzene rings is 2. The first kappa shape index (κ1) is 16.5. The van der Waals surface area contributed by atoms with Crippen molar-refractivity contribution in [3.05, 3.63) is 58.7 Å². The highest BCUT2D eigenvalue weighted by molar-refractivity contribution is 6.09. The minimum Gasteiger partial charge on any atom is -0.497 e. The lowest BCUT2D eigenvalue weighted by atomic mass is 10.1. The molecule has 2 aromatic carbocycles. The molecule has 0 aliphatic rings. The van der Waals surface area contributed by atoms with Gasteiger partial charge in [-0.15, -0.1) is 0 Å². The number of methoxy groups -OCH3 is 1. The van der Waals surface area contributed by atoms with Crippen molar-refractivity contribution in [1.82, 2.24) is 5.32 Å². The van der Waals surface area contributed by atoms with Gasteiger partial charge in [-0.2, -0.15) is 0 Å². The first-order valence-corrected chi connectivity index (χ1v) is 7.25. The first-order valence-electron chi connectivity index (χ1n) is 7.25. The molecular formula is C18H20N2O3. The van der Waals surface area contributed by atoms with Gasteiger partial charge >= 0.3 is 0 Å². The van der Waals surface area contributed by atoms with Gasteiger partial charge in [0.1, 0.15) is 5.75 Å². The predicted octanol–water partition coefficient (Wildman–Crippen LogP) is 2.92. The zero-order valence-electron chi connectivity index (χ0n) is 13.7. The average Bonchev–Trinajstić information content (AvgIpc) is 2.56. The largest absolute Gasteiger partial charge is 0.497 e. The lowest BCUT2D eigenvalue weighted by molar-refractivity contribution is 0.0963. The number of carbonyl (C=O) groups is 2. The van der Waals surface area contributed by atoms with Crippen molar-refractivity contribution in [2.75, 3.05) is 19.5 Å². The summed E-state index contributed by atoms with van der Waals surface area (Å²) in [5.41, 5.74) is 3.50. The molecule has 5 nitrogen and oxygen atoms in total. The SMILES string of the molecule is CNC(=O)c1cc(OC)ccc1NC(=O)c1ccc(C)c(C)c1. The summed E-state index contributed by atoms with van der Waals surface area (Å²) in [7, 11) is 3.06. The van der Waals surface area contributed by atoms with E-state index < -0.39 is 0 Å². The zero-order chi connectivity index (χ0) is 17.0. The number of hydrogen-bond donors (Lipinski definition) is 2. The van der Waals surface area contributed by atoms with Crippen molar-refractivity contribution in [2.45, 2.75) is 13.8 Å². The second-order valence-corrected chi connectivity index (χ2v) is 5.24. The number of hydrogen-bond acceptors (Lipinski definition) is 3. The quantitative estimate of drug-likeness (QED) is 0.912. The third-order valence-corrected chi connectivity index (χ3v) is 3.72. The molecule has 2 rings (SSSR count). The van der Waals surface area contributed by atoms with E-state index in [-0.39, 0.29) is 11.8 Å². The molecule has 2 amide bonds. The number of aryl methyl sites for hydroxylation is 2. The molecule has 0 saturated carbocycles. The fourth-order valence-corrected chi connectivity index (χ4v) is 2.16. The van der Waals surface area contributed by atoms with Crippen LogP contribution in [-0.2, 0) is 0 Å². The van der Waals surface area contributed by atoms with Gasteiger partial charge in [0, 0.05) is 12.6 Å². The van der Waals surface area contributed by atoms with Crippen molar-refractivity contribution in [3.8, 4) is 5.75 Å². The van der Waals surface area contributed by atoms with Crippen LogP contribution in [0.5, 0.6) is 5.75 Å². The molecular weight excluding hydrogens is 292 g/mol. The number of nitrogens with one attached hydrogen (secondary N) is 2. The van der Waals surface area contributed by atoms with Crippen LogP contribution in [0.1, 0.15) is 31.8 Å². The van der Waals surface area contributed by atoms with Gasteiger partial charge in [-0.1, -0.05) is 6.07 Å². The summed E-state index contributed by atoms with van der Waals surface area (Å²) in [6.45, 7) is 3.94. The normalized spacial score (nSPS) is 10.1. The maximum absolute atomic E-state index is 12.4. The molecule has 0 spiro atoms. The summed E-state index contributed by atoms with van der Waals surface area (Å²) in [5.74, 6) is -0.00418. The highest BCUT2D eigenvalue weighted by Crippen LogP contribution is 2.23. The Bertz CT molecular complexity index is 754. The van der Waals surface area contributed by atoms with E-state index in [1.54, 1.807) is 24.3 Å². The monoisotopic (exact) mass is 312 g/mol. The predicted molar refractivity (Wildman–Crippen MR) is 90.3 cm³/mol. The van der Waals surface area contributed by atoms with E-state index in [2.05, 4.69) is 10.6 Å². The van der Waals surface area contributed by atoms with E-state index in [0.717, 1.165) is 11.1 Å². The van der Waals surface area contributed by atoms with E-state index in [0.29, 0.717) is 22.6 Å². The summed E-state index contributed by atoms with van der Waals surface area (Å²) < 4.78 is 5.13. The second kappa shape index (κ2) is 6.96.